The number of anilines is 1. The minimum absolute atomic E-state index is 0.0342. The Morgan fingerprint density at radius 1 is 1.17 bits per heavy atom. The number of aromatic nitrogens is 2. The Labute approximate surface area is 165 Å². The van der Waals surface area contributed by atoms with Crippen LogP contribution in [0.5, 0.6) is 5.88 Å². The van der Waals surface area contributed by atoms with Crippen LogP contribution in [0.4, 0.5) is 14.5 Å². The molecule has 7 nitrogen and oxygen atoms in total. The van der Waals surface area contributed by atoms with Gasteiger partial charge in [0.1, 0.15) is 0 Å². The van der Waals surface area contributed by atoms with Gasteiger partial charge in [0.05, 0.1) is 41.3 Å². The summed E-state index contributed by atoms with van der Waals surface area (Å²) in [5.74, 6) is -3.51. The van der Waals surface area contributed by atoms with Gasteiger partial charge in [-0.15, -0.1) is 0 Å². The van der Waals surface area contributed by atoms with Crippen molar-refractivity contribution in [2.45, 2.75) is 13.3 Å². The third-order valence-corrected chi connectivity index (χ3v) is 5.50. The van der Waals surface area contributed by atoms with Gasteiger partial charge in [-0.25, -0.2) is 27.2 Å². The zero-order chi connectivity index (χ0) is 21.2. The summed E-state index contributed by atoms with van der Waals surface area (Å²) in [5.41, 5.74) is 0.00948. The quantitative estimate of drug-likeness (QED) is 0.588. The van der Waals surface area contributed by atoms with Gasteiger partial charge in [-0.05, 0) is 30.7 Å². The standard InChI is InChI=1S/C19H17F2N3O4S/c1-3-6-29(26,27)24-12-8-13(18(21)14(20)9-12)19(25)11-4-5-15-16(7-11)23-17(28-2)10-22-15/h4-5,7-10,24H,3,6H2,1-2H3. The van der Waals surface area contributed by atoms with Gasteiger partial charge in [0.25, 0.3) is 0 Å². The van der Waals surface area contributed by atoms with Crippen molar-refractivity contribution in [1.82, 2.24) is 9.97 Å². The second-order valence-electron chi connectivity index (χ2n) is 6.19. The summed E-state index contributed by atoms with van der Waals surface area (Å²) in [6.07, 6.45) is 1.75. The summed E-state index contributed by atoms with van der Waals surface area (Å²) in [6, 6.07) is 5.94. The number of nitrogens with one attached hydrogen (secondary N) is 1. The first-order chi connectivity index (χ1) is 13.7. The summed E-state index contributed by atoms with van der Waals surface area (Å²) < 4.78 is 59.3. The lowest BCUT2D eigenvalue weighted by Gasteiger charge is -2.11. The SMILES string of the molecule is CCCS(=O)(=O)Nc1cc(F)c(F)c(C(=O)c2ccc3ncc(OC)nc3c2)c1. The first-order valence-corrected chi connectivity index (χ1v) is 10.2. The van der Waals surface area contributed by atoms with Gasteiger partial charge in [0, 0.05) is 11.6 Å². The van der Waals surface area contributed by atoms with E-state index in [4.69, 9.17) is 4.74 Å². The fraction of sp³-hybridized carbons (Fsp3) is 0.211. The summed E-state index contributed by atoms with van der Waals surface area (Å²) in [4.78, 5) is 21.1. The van der Waals surface area contributed by atoms with E-state index in [0.29, 0.717) is 23.5 Å². The lowest BCUT2D eigenvalue weighted by Crippen LogP contribution is -2.17. The molecule has 3 aromatic rings. The number of hydrogen-bond donors (Lipinski definition) is 1. The molecule has 29 heavy (non-hydrogen) atoms. The van der Waals surface area contributed by atoms with E-state index in [1.807, 2.05) is 0 Å². The highest BCUT2D eigenvalue weighted by atomic mass is 32.2. The van der Waals surface area contributed by atoms with Gasteiger partial charge in [-0.2, -0.15) is 0 Å². The molecule has 1 N–H and O–H groups in total. The Balaban J connectivity index is 2.03. The number of benzene rings is 2. The lowest BCUT2D eigenvalue weighted by atomic mass is 10.0. The molecule has 2 aromatic carbocycles. The number of rotatable bonds is 7. The number of hydrogen-bond acceptors (Lipinski definition) is 6. The van der Waals surface area contributed by atoms with Crippen molar-refractivity contribution < 1.29 is 26.7 Å². The molecule has 3 rings (SSSR count). The highest BCUT2D eigenvalue weighted by Gasteiger charge is 2.21. The first-order valence-electron chi connectivity index (χ1n) is 8.59. The normalized spacial score (nSPS) is 11.4. The van der Waals surface area contributed by atoms with Gasteiger partial charge in [0.2, 0.25) is 15.9 Å². The molecule has 0 saturated heterocycles. The molecule has 0 aliphatic heterocycles. The number of ether oxygens (including phenoxy) is 1. The Hall–Kier alpha value is -3.14. The topological polar surface area (TPSA) is 98.2 Å². The molecular formula is C19H17F2N3O4S. The number of fused-ring (bicyclic) bond motifs is 1. The van der Waals surface area contributed by atoms with Crippen LogP contribution in [-0.4, -0.2) is 37.0 Å². The molecular weight excluding hydrogens is 404 g/mol. The van der Waals surface area contributed by atoms with Gasteiger partial charge in [-0.1, -0.05) is 6.92 Å². The predicted octanol–water partition coefficient (Wildman–Crippen LogP) is 3.30. The van der Waals surface area contributed by atoms with Crippen LogP contribution >= 0.6 is 0 Å². The van der Waals surface area contributed by atoms with Crippen LogP contribution in [-0.2, 0) is 10.0 Å². The molecule has 0 bridgehead atoms. The number of sulfonamides is 1. The van der Waals surface area contributed by atoms with Crippen molar-refractivity contribution in [1.29, 1.82) is 0 Å². The zero-order valence-electron chi connectivity index (χ0n) is 15.6. The molecule has 1 heterocycles. The van der Waals surface area contributed by atoms with E-state index >= 15 is 0 Å². The highest BCUT2D eigenvalue weighted by Crippen LogP contribution is 2.24. The molecule has 0 atom stereocenters. The molecule has 0 fully saturated rings. The summed E-state index contributed by atoms with van der Waals surface area (Å²) >= 11 is 0. The molecule has 152 valence electrons. The Bertz CT molecular complexity index is 1200. The maximum absolute atomic E-state index is 14.3. The Kier molecular flexibility index (Phi) is 5.73. The minimum Gasteiger partial charge on any atom is -0.480 e. The van der Waals surface area contributed by atoms with E-state index in [9.17, 15) is 22.0 Å². The predicted molar refractivity (Wildman–Crippen MR) is 104 cm³/mol. The number of carbonyl (C=O) groups is 1. The molecule has 0 unspecified atom stereocenters. The molecule has 1 aromatic heterocycles. The van der Waals surface area contributed by atoms with Crippen LogP contribution in [0.25, 0.3) is 11.0 Å². The van der Waals surface area contributed by atoms with E-state index in [0.717, 1.165) is 6.07 Å². The smallest absolute Gasteiger partial charge is 0.232 e. The molecule has 0 saturated carbocycles. The van der Waals surface area contributed by atoms with Crippen LogP contribution in [0, 0.1) is 11.6 Å². The molecule has 0 radical (unpaired) electrons. The average Bonchev–Trinajstić information content (AvgIpc) is 2.68. The van der Waals surface area contributed by atoms with Crippen molar-refractivity contribution >= 4 is 32.5 Å². The molecule has 0 spiro atoms. The van der Waals surface area contributed by atoms with Crippen molar-refractivity contribution in [2.75, 3.05) is 17.6 Å². The number of carbonyl (C=O) groups excluding carboxylic acids is 1. The largest absolute Gasteiger partial charge is 0.480 e. The van der Waals surface area contributed by atoms with Gasteiger partial charge >= 0.3 is 0 Å². The average molecular weight is 421 g/mol. The van der Waals surface area contributed by atoms with Crippen molar-refractivity contribution in [2.24, 2.45) is 0 Å². The fourth-order valence-electron chi connectivity index (χ4n) is 2.70. The number of methoxy groups -OCH3 is 1. The maximum Gasteiger partial charge on any atom is 0.232 e. The van der Waals surface area contributed by atoms with E-state index in [2.05, 4.69) is 14.7 Å². The number of nitrogens with zero attached hydrogens (tertiary/aromatic N) is 2. The minimum atomic E-state index is -3.74. The Morgan fingerprint density at radius 2 is 1.93 bits per heavy atom. The van der Waals surface area contributed by atoms with Crippen LogP contribution in [0.3, 0.4) is 0 Å². The van der Waals surface area contributed by atoms with Gasteiger partial charge in [0.15, 0.2) is 17.4 Å². The fourth-order valence-corrected chi connectivity index (χ4v) is 3.82. The van der Waals surface area contributed by atoms with E-state index in [-0.39, 0.29) is 22.9 Å². The van der Waals surface area contributed by atoms with Crippen LogP contribution in [0.2, 0.25) is 0 Å². The third-order valence-electron chi connectivity index (χ3n) is 4.01. The van der Waals surface area contributed by atoms with Crippen molar-refractivity contribution in [3.8, 4) is 5.88 Å². The van der Waals surface area contributed by atoms with Crippen molar-refractivity contribution in [3.05, 3.63) is 59.3 Å². The Morgan fingerprint density at radius 3 is 2.62 bits per heavy atom. The summed E-state index contributed by atoms with van der Waals surface area (Å²) in [7, 11) is -2.33. The van der Waals surface area contributed by atoms with E-state index < -0.39 is 33.0 Å². The zero-order valence-corrected chi connectivity index (χ0v) is 16.4. The molecule has 0 aliphatic rings. The second kappa shape index (κ2) is 8.08. The summed E-state index contributed by atoms with van der Waals surface area (Å²) in [5, 5.41) is 0. The second-order valence-corrected chi connectivity index (χ2v) is 8.03. The molecule has 10 heteroatoms. The maximum atomic E-state index is 14.3. The number of halogens is 2. The van der Waals surface area contributed by atoms with E-state index in [1.54, 1.807) is 6.92 Å². The molecule has 0 aliphatic carbocycles. The van der Waals surface area contributed by atoms with Gasteiger partial charge < -0.3 is 4.74 Å². The van der Waals surface area contributed by atoms with Crippen molar-refractivity contribution in [3.63, 3.8) is 0 Å². The molecule has 0 amide bonds. The monoisotopic (exact) mass is 421 g/mol. The summed E-state index contributed by atoms with van der Waals surface area (Å²) in [6.45, 7) is 1.66. The highest BCUT2D eigenvalue weighted by molar-refractivity contribution is 7.92. The number of ketones is 1. The first kappa shape index (κ1) is 20.6. The van der Waals surface area contributed by atoms with Crippen LogP contribution in [0.15, 0.2) is 36.5 Å². The van der Waals surface area contributed by atoms with Crippen LogP contribution < -0.4 is 9.46 Å². The lowest BCUT2D eigenvalue weighted by molar-refractivity contribution is 0.103. The van der Waals surface area contributed by atoms with Crippen LogP contribution in [0.1, 0.15) is 29.3 Å². The third kappa shape index (κ3) is 4.48. The van der Waals surface area contributed by atoms with E-state index in [1.165, 1.54) is 31.5 Å². The van der Waals surface area contributed by atoms with Gasteiger partial charge in [-0.3, -0.25) is 9.52 Å².